The van der Waals surface area contributed by atoms with Crippen molar-refractivity contribution in [2.24, 2.45) is 0 Å². The van der Waals surface area contributed by atoms with Gasteiger partial charge in [-0.1, -0.05) is 55.1 Å². The van der Waals surface area contributed by atoms with Crippen molar-refractivity contribution in [3.8, 4) is 0 Å². The number of hydrogen-bond acceptors (Lipinski definition) is 1. The standard InChI is InChI=1S/C18H19N/c1-14-18(2,13-15-9-5-4-6-10-15)16-11-7-8-12-17(16)19(14)3/h4-12H,1,13H2,2-3H3. The minimum absolute atomic E-state index is 0.00725. The van der Waals surface area contributed by atoms with Gasteiger partial charge in [-0.15, -0.1) is 0 Å². The lowest BCUT2D eigenvalue weighted by Gasteiger charge is -2.28. The molecule has 0 fully saturated rings. The van der Waals surface area contributed by atoms with Crippen molar-refractivity contribution in [2.75, 3.05) is 11.9 Å². The van der Waals surface area contributed by atoms with Crippen LogP contribution in [0, 0.1) is 0 Å². The molecular weight excluding hydrogens is 230 g/mol. The average Bonchev–Trinajstić information content (AvgIpc) is 2.63. The summed E-state index contributed by atoms with van der Waals surface area (Å²) in [5.74, 6) is 0. The molecule has 1 nitrogen and oxygen atoms in total. The third-order valence-electron chi connectivity index (χ3n) is 4.30. The van der Waals surface area contributed by atoms with Crippen molar-refractivity contribution in [1.29, 1.82) is 0 Å². The van der Waals surface area contributed by atoms with E-state index in [9.17, 15) is 0 Å². The fourth-order valence-electron chi connectivity index (χ4n) is 3.11. The first kappa shape index (κ1) is 12.0. The van der Waals surface area contributed by atoms with Crippen LogP contribution in [0.4, 0.5) is 5.69 Å². The molecule has 0 N–H and O–H groups in total. The van der Waals surface area contributed by atoms with Crippen LogP contribution in [-0.4, -0.2) is 7.05 Å². The molecular formula is C18H19N. The van der Waals surface area contributed by atoms with Gasteiger partial charge in [0.2, 0.25) is 0 Å². The second kappa shape index (κ2) is 4.27. The summed E-state index contributed by atoms with van der Waals surface area (Å²) in [4.78, 5) is 2.22. The van der Waals surface area contributed by atoms with Crippen LogP contribution in [0.15, 0.2) is 66.9 Å². The largest absolute Gasteiger partial charge is 0.348 e. The van der Waals surface area contributed by atoms with Crippen LogP contribution >= 0.6 is 0 Å². The number of hydrogen-bond donors (Lipinski definition) is 0. The van der Waals surface area contributed by atoms with Gasteiger partial charge in [-0.2, -0.15) is 0 Å². The molecule has 0 spiro atoms. The van der Waals surface area contributed by atoms with Crippen LogP contribution in [0.3, 0.4) is 0 Å². The van der Waals surface area contributed by atoms with E-state index in [4.69, 9.17) is 0 Å². The first-order valence-corrected chi connectivity index (χ1v) is 6.69. The number of anilines is 1. The molecule has 1 atom stereocenters. The fraction of sp³-hybridized carbons (Fsp3) is 0.222. The van der Waals surface area contributed by atoms with Crippen molar-refractivity contribution in [3.63, 3.8) is 0 Å². The first-order chi connectivity index (χ1) is 9.13. The van der Waals surface area contributed by atoms with Crippen molar-refractivity contribution in [2.45, 2.75) is 18.8 Å². The van der Waals surface area contributed by atoms with Gasteiger partial charge in [0, 0.05) is 23.8 Å². The van der Waals surface area contributed by atoms with Gasteiger partial charge in [0.05, 0.1) is 0 Å². The Bertz CT molecular complexity index is 615. The SMILES string of the molecule is C=C1N(C)c2ccccc2C1(C)Cc1ccccc1. The molecule has 0 bridgehead atoms. The molecule has 0 radical (unpaired) electrons. The maximum atomic E-state index is 4.33. The van der Waals surface area contributed by atoms with E-state index >= 15 is 0 Å². The Balaban J connectivity index is 2.06. The molecule has 0 amide bonds. The Morgan fingerprint density at radius 1 is 1.00 bits per heavy atom. The number of fused-ring (bicyclic) bond motifs is 1. The van der Waals surface area contributed by atoms with Crippen LogP contribution in [0.1, 0.15) is 18.1 Å². The molecule has 3 rings (SSSR count). The number of para-hydroxylation sites is 1. The zero-order valence-corrected chi connectivity index (χ0v) is 11.6. The van der Waals surface area contributed by atoms with E-state index < -0.39 is 0 Å². The Hall–Kier alpha value is -2.02. The van der Waals surface area contributed by atoms with Crippen LogP contribution in [0.2, 0.25) is 0 Å². The smallest absolute Gasteiger partial charge is 0.0448 e. The van der Waals surface area contributed by atoms with Crippen LogP contribution in [0.5, 0.6) is 0 Å². The Morgan fingerprint density at radius 2 is 1.63 bits per heavy atom. The highest BCUT2D eigenvalue weighted by Gasteiger charge is 2.40. The number of benzene rings is 2. The molecule has 0 aliphatic carbocycles. The highest BCUT2D eigenvalue weighted by Crippen LogP contribution is 2.47. The third kappa shape index (κ3) is 1.77. The second-order valence-electron chi connectivity index (χ2n) is 5.52. The van der Waals surface area contributed by atoms with Crippen molar-refractivity contribution in [3.05, 3.63) is 78.0 Å². The van der Waals surface area contributed by atoms with Crippen LogP contribution in [0.25, 0.3) is 0 Å². The lowest BCUT2D eigenvalue weighted by molar-refractivity contribution is 0.570. The molecule has 1 aliphatic rings. The Labute approximate surface area is 115 Å². The highest BCUT2D eigenvalue weighted by atomic mass is 15.2. The van der Waals surface area contributed by atoms with Crippen molar-refractivity contribution < 1.29 is 0 Å². The fourth-order valence-corrected chi connectivity index (χ4v) is 3.11. The maximum Gasteiger partial charge on any atom is 0.0448 e. The van der Waals surface area contributed by atoms with E-state index in [0.29, 0.717) is 0 Å². The van der Waals surface area contributed by atoms with E-state index in [1.165, 1.54) is 22.5 Å². The molecule has 0 aromatic heterocycles. The van der Waals surface area contributed by atoms with Crippen molar-refractivity contribution in [1.82, 2.24) is 0 Å². The average molecular weight is 249 g/mol. The molecule has 1 aliphatic heterocycles. The summed E-state index contributed by atoms with van der Waals surface area (Å²) < 4.78 is 0. The lowest BCUT2D eigenvalue weighted by atomic mass is 9.77. The summed E-state index contributed by atoms with van der Waals surface area (Å²) in [7, 11) is 2.11. The molecule has 96 valence electrons. The van der Waals surface area contributed by atoms with Crippen LogP contribution < -0.4 is 4.90 Å². The van der Waals surface area contributed by atoms with Gasteiger partial charge in [-0.25, -0.2) is 0 Å². The highest BCUT2D eigenvalue weighted by molar-refractivity contribution is 5.69. The maximum absolute atomic E-state index is 4.33. The predicted molar refractivity (Wildman–Crippen MR) is 81.5 cm³/mol. The van der Waals surface area contributed by atoms with Gasteiger partial charge in [-0.05, 0) is 30.5 Å². The van der Waals surface area contributed by atoms with Crippen LogP contribution in [-0.2, 0) is 11.8 Å². The van der Waals surface area contributed by atoms with Gasteiger partial charge in [0.15, 0.2) is 0 Å². The molecule has 1 heterocycles. The monoisotopic (exact) mass is 249 g/mol. The molecule has 0 saturated carbocycles. The van der Waals surface area contributed by atoms with Gasteiger partial charge < -0.3 is 4.90 Å². The molecule has 19 heavy (non-hydrogen) atoms. The zero-order valence-electron chi connectivity index (χ0n) is 11.6. The minimum atomic E-state index is -0.00725. The number of nitrogens with zero attached hydrogens (tertiary/aromatic N) is 1. The number of allylic oxidation sites excluding steroid dienone is 1. The summed E-state index contributed by atoms with van der Waals surface area (Å²) in [6.45, 7) is 6.62. The minimum Gasteiger partial charge on any atom is -0.348 e. The molecule has 1 heteroatoms. The quantitative estimate of drug-likeness (QED) is 0.772. The summed E-state index contributed by atoms with van der Waals surface area (Å²) in [5, 5.41) is 0. The van der Waals surface area contributed by atoms with E-state index in [1.54, 1.807) is 0 Å². The molecule has 2 aromatic rings. The van der Waals surface area contributed by atoms with Gasteiger partial charge >= 0.3 is 0 Å². The molecule has 1 unspecified atom stereocenters. The molecule has 0 saturated heterocycles. The number of rotatable bonds is 2. The molecule has 2 aromatic carbocycles. The summed E-state index contributed by atoms with van der Waals surface area (Å²) in [6, 6.07) is 19.3. The zero-order chi connectivity index (χ0) is 13.5. The first-order valence-electron chi connectivity index (χ1n) is 6.69. The Morgan fingerprint density at radius 3 is 2.37 bits per heavy atom. The predicted octanol–water partition coefficient (Wildman–Crippen LogP) is 4.15. The number of likely N-dealkylation sites (N-methyl/N-ethyl adjacent to an activating group) is 1. The van der Waals surface area contributed by atoms with Crippen molar-refractivity contribution >= 4 is 5.69 Å². The topological polar surface area (TPSA) is 3.24 Å². The van der Waals surface area contributed by atoms with Gasteiger partial charge in [-0.3, -0.25) is 0 Å². The normalized spacial score (nSPS) is 21.6. The lowest BCUT2D eigenvalue weighted by Crippen LogP contribution is -2.27. The summed E-state index contributed by atoms with van der Waals surface area (Å²) in [6.07, 6.45) is 0.994. The summed E-state index contributed by atoms with van der Waals surface area (Å²) in [5.41, 5.74) is 5.19. The van der Waals surface area contributed by atoms with Gasteiger partial charge in [0.1, 0.15) is 0 Å². The van der Waals surface area contributed by atoms with Gasteiger partial charge in [0.25, 0.3) is 0 Å². The van der Waals surface area contributed by atoms with E-state index in [1.807, 2.05) is 0 Å². The summed E-state index contributed by atoms with van der Waals surface area (Å²) >= 11 is 0. The Kier molecular flexibility index (Phi) is 2.70. The van der Waals surface area contributed by atoms with E-state index in [-0.39, 0.29) is 5.41 Å². The van der Waals surface area contributed by atoms with E-state index in [2.05, 4.69) is 80.0 Å². The van der Waals surface area contributed by atoms with E-state index in [0.717, 1.165) is 6.42 Å². The second-order valence-corrected chi connectivity index (χ2v) is 5.52. The third-order valence-corrected chi connectivity index (χ3v) is 4.30.